The van der Waals surface area contributed by atoms with Gasteiger partial charge in [-0.1, -0.05) is 89.0 Å². The van der Waals surface area contributed by atoms with Crippen molar-refractivity contribution >= 4 is 18.6 Å². The summed E-state index contributed by atoms with van der Waals surface area (Å²) in [6.07, 6.45) is 15.3. The van der Waals surface area contributed by atoms with Crippen molar-refractivity contribution in [2.75, 3.05) is 26.4 Å². The van der Waals surface area contributed by atoms with Crippen molar-refractivity contribution in [3.63, 3.8) is 0 Å². The standard InChI is InChI=1S/C35H58O6SSi/c1-5-9-10-17-20-32-21-23-33(24-22-32)31-42(36,37)35-27-25-34(26-28-35)38-29-18-15-13-11-12-14-16-19-30-43(39-6-2,40-7-3)41-8-4/h21-28H,5-20,29-31H2,1-4H3. The molecule has 0 aliphatic carbocycles. The van der Waals surface area contributed by atoms with Gasteiger partial charge in [0.1, 0.15) is 5.75 Å². The fourth-order valence-electron chi connectivity index (χ4n) is 5.30. The van der Waals surface area contributed by atoms with E-state index in [1.54, 1.807) is 24.3 Å². The predicted octanol–water partition coefficient (Wildman–Crippen LogP) is 9.33. The summed E-state index contributed by atoms with van der Waals surface area (Å²) in [7, 11) is -5.89. The van der Waals surface area contributed by atoms with Gasteiger partial charge in [0, 0.05) is 25.9 Å². The molecule has 6 nitrogen and oxygen atoms in total. The number of ether oxygens (including phenoxy) is 1. The van der Waals surface area contributed by atoms with Crippen LogP contribution < -0.4 is 4.74 Å². The number of hydrogen-bond acceptors (Lipinski definition) is 6. The van der Waals surface area contributed by atoms with E-state index in [2.05, 4.69) is 19.1 Å². The average Bonchev–Trinajstić information content (AvgIpc) is 2.99. The van der Waals surface area contributed by atoms with E-state index in [1.807, 2.05) is 32.9 Å². The Morgan fingerprint density at radius 2 is 1.09 bits per heavy atom. The van der Waals surface area contributed by atoms with E-state index < -0.39 is 18.6 Å². The van der Waals surface area contributed by atoms with Gasteiger partial charge < -0.3 is 18.0 Å². The summed E-state index contributed by atoms with van der Waals surface area (Å²) in [6, 6.07) is 15.8. The van der Waals surface area contributed by atoms with Crippen LogP contribution in [0.1, 0.15) is 116 Å². The summed E-state index contributed by atoms with van der Waals surface area (Å²) < 4.78 is 49.6. The molecule has 0 amide bonds. The van der Waals surface area contributed by atoms with Crippen LogP contribution in [0.5, 0.6) is 5.75 Å². The number of benzene rings is 2. The Labute approximate surface area is 264 Å². The highest BCUT2D eigenvalue weighted by molar-refractivity contribution is 7.90. The lowest BCUT2D eigenvalue weighted by molar-refractivity contribution is 0.0706. The Balaban J connectivity index is 1.59. The van der Waals surface area contributed by atoms with Crippen LogP contribution in [-0.2, 0) is 35.3 Å². The van der Waals surface area contributed by atoms with Crippen molar-refractivity contribution < 1.29 is 26.4 Å². The predicted molar refractivity (Wildman–Crippen MR) is 179 cm³/mol. The third-order valence-electron chi connectivity index (χ3n) is 7.62. The molecule has 0 unspecified atom stereocenters. The van der Waals surface area contributed by atoms with Crippen LogP contribution >= 0.6 is 0 Å². The molecular formula is C35H58O6SSi. The average molecular weight is 635 g/mol. The molecule has 2 aromatic rings. The minimum absolute atomic E-state index is 0.0135. The lowest BCUT2D eigenvalue weighted by Gasteiger charge is -2.28. The quantitative estimate of drug-likeness (QED) is 0.0759. The number of hydrogen-bond donors (Lipinski definition) is 0. The fraction of sp³-hybridized carbons (Fsp3) is 0.657. The van der Waals surface area contributed by atoms with Gasteiger partial charge in [0.25, 0.3) is 0 Å². The van der Waals surface area contributed by atoms with Gasteiger partial charge in [0.05, 0.1) is 17.3 Å². The number of unbranched alkanes of at least 4 members (excludes halogenated alkanes) is 10. The minimum atomic E-state index is -3.40. The third kappa shape index (κ3) is 15.2. The minimum Gasteiger partial charge on any atom is -0.494 e. The second kappa shape index (κ2) is 21.9. The van der Waals surface area contributed by atoms with Crippen molar-refractivity contribution in [3.8, 4) is 5.75 Å². The maximum absolute atomic E-state index is 13.0. The zero-order valence-electron chi connectivity index (χ0n) is 27.4. The van der Waals surface area contributed by atoms with Gasteiger partial charge >= 0.3 is 8.80 Å². The molecular weight excluding hydrogens is 577 g/mol. The largest absolute Gasteiger partial charge is 0.500 e. The summed E-state index contributed by atoms with van der Waals surface area (Å²) in [4.78, 5) is 0.338. The Morgan fingerprint density at radius 1 is 0.581 bits per heavy atom. The van der Waals surface area contributed by atoms with Gasteiger partial charge in [-0.15, -0.1) is 0 Å². The maximum Gasteiger partial charge on any atom is 0.500 e. The molecule has 0 aromatic heterocycles. The second-order valence-electron chi connectivity index (χ2n) is 11.3. The van der Waals surface area contributed by atoms with Crippen LogP contribution in [0, 0.1) is 0 Å². The normalized spacial score (nSPS) is 12.1. The van der Waals surface area contributed by atoms with Crippen molar-refractivity contribution in [3.05, 3.63) is 59.7 Å². The number of rotatable bonds is 26. The van der Waals surface area contributed by atoms with Crippen LogP contribution in [0.25, 0.3) is 0 Å². The summed E-state index contributed by atoms with van der Waals surface area (Å²) in [5, 5.41) is 0. The number of aryl methyl sites for hydroxylation is 1. The van der Waals surface area contributed by atoms with E-state index in [0.717, 1.165) is 43.0 Å². The molecule has 0 bridgehead atoms. The fourth-order valence-corrected chi connectivity index (χ4v) is 9.33. The highest BCUT2D eigenvalue weighted by Gasteiger charge is 2.39. The number of sulfone groups is 1. The molecule has 0 aliphatic rings. The van der Waals surface area contributed by atoms with E-state index >= 15 is 0 Å². The molecule has 0 fully saturated rings. The highest BCUT2D eigenvalue weighted by Crippen LogP contribution is 2.22. The van der Waals surface area contributed by atoms with Crippen molar-refractivity contribution in [2.45, 2.75) is 128 Å². The summed E-state index contributed by atoms with van der Waals surface area (Å²) in [5.41, 5.74) is 2.10. The van der Waals surface area contributed by atoms with Crippen LogP contribution in [0.2, 0.25) is 6.04 Å². The lowest BCUT2D eigenvalue weighted by atomic mass is 10.1. The van der Waals surface area contributed by atoms with Crippen molar-refractivity contribution in [2.24, 2.45) is 0 Å². The summed E-state index contributed by atoms with van der Waals surface area (Å²) >= 11 is 0. The van der Waals surface area contributed by atoms with E-state index in [1.165, 1.54) is 63.4 Å². The van der Waals surface area contributed by atoms with Crippen LogP contribution in [0.15, 0.2) is 53.4 Å². The summed E-state index contributed by atoms with van der Waals surface area (Å²) in [6.45, 7) is 10.8. The third-order valence-corrected chi connectivity index (χ3v) is 12.5. The maximum atomic E-state index is 13.0. The van der Waals surface area contributed by atoms with Gasteiger partial charge in [0.15, 0.2) is 9.84 Å². The van der Waals surface area contributed by atoms with Crippen molar-refractivity contribution in [1.82, 2.24) is 0 Å². The first-order valence-corrected chi connectivity index (χ1v) is 20.4. The van der Waals surface area contributed by atoms with E-state index in [-0.39, 0.29) is 5.75 Å². The first-order valence-electron chi connectivity index (χ1n) is 16.8. The van der Waals surface area contributed by atoms with Gasteiger partial charge in [-0.2, -0.15) is 0 Å². The van der Waals surface area contributed by atoms with Gasteiger partial charge in [-0.3, -0.25) is 0 Å². The van der Waals surface area contributed by atoms with Crippen LogP contribution in [0.3, 0.4) is 0 Å². The zero-order valence-corrected chi connectivity index (χ0v) is 29.2. The van der Waals surface area contributed by atoms with E-state index in [4.69, 9.17) is 18.0 Å². The molecule has 0 saturated heterocycles. The lowest BCUT2D eigenvalue weighted by Crippen LogP contribution is -2.45. The van der Waals surface area contributed by atoms with Gasteiger partial charge in [-0.05, 0) is 81.8 Å². The Morgan fingerprint density at radius 3 is 1.65 bits per heavy atom. The molecule has 244 valence electrons. The summed E-state index contributed by atoms with van der Waals surface area (Å²) in [5.74, 6) is 0.733. The smallest absolute Gasteiger partial charge is 0.494 e. The molecule has 0 heterocycles. The Hall–Kier alpha value is -1.71. The monoisotopic (exact) mass is 634 g/mol. The molecule has 0 saturated carbocycles. The molecule has 0 aliphatic heterocycles. The van der Waals surface area contributed by atoms with Gasteiger partial charge in [-0.25, -0.2) is 8.42 Å². The van der Waals surface area contributed by atoms with Crippen LogP contribution in [-0.4, -0.2) is 43.6 Å². The molecule has 0 spiro atoms. The van der Waals surface area contributed by atoms with Gasteiger partial charge in [0.2, 0.25) is 0 Å². The second-order valence-corrected chi connectivity index (χ2v) is 16.0. The molecule has 2 rings (SSSR count). The van der Waals surface area contributed by atoms with E-state index in [9.17, 15) is 8.42 Å². The van der Waals surface area contributed by atoms with Crippen molar-refractivity contribution in [1.29, 1.82) is 0 Å². The molecule has 8 heteroatoms. The molecule has 0 atom stereocenters. The first kappa shape index (κ1) is 37.5. The SMILES string of the molecule is CCCCCCc1ccc(CS(=O)(=O)c2ccc(OCCCCCCCCCC[Si](OCC)(OCC)OCC)cc2)cc1. The Kier molecular flexibility index (Phi) is 19.1. The topological polar surface area (TPSA) is 71.1 Å². The molecule has 0 radical (unpaired) electrons. The van der Waals surface area contributed by atoms with E-state index in [0.29, 0.717) is 31.3 Å². The molecule has 2 aromatic carbocycles. The van der Waals surface area contributed by atoms with Crippen LogP contribution in [0.4, 0.5) is 0 Å². The molecule has 43 heavy (non-hydrogen) atoms. The highest BCUT2D eigenvalue weighted by atomic mass is 32.2. The first-order chi connectivity index (χ1) is 20.9. The Bertz CT molecular complexity index is 1060. The zero-order chi connectivity index (χ0) is 31.2. The molecule has 0 N–H and O–H groups in total.